The smallest absolute Gasteiger partial charge is 0.263 e. The van der Waals surface area contributed by atoms with Crippen molar-refractivity contribution < 1.29 is 9.32 Å². The molecule has 8 heteroatoms. The van der Waals surface area contributed by atoms with Gasteiger partial charge in [0.15, 0.2) is 0 Å². The standard InChI is InChI=1S/C19H19N5O2S/c25-19(15-10-12-4-1-2-5-14(12)27-15)24-9-6-13(11-24)18-22-17(23-26-18)16-20-7-3-8-21-16/h3,7-8,10,13H,1-2,4-6,9,11H2/t13-/m1/s1. The number of likely N-dealkylation sites (tertiary alicyclic amines) is 1. The molecule has 1 saturated heterocycles. The van der Waals surface area contributed by atoms with Crippen LogP contribution >= 0.6 is 11.3 Å². The molecule has 27 heavy (non-hydrogen) atoms. The summed E-state index contributed by atoms with van der Waals surface area (Å²) < 4.78 is 5.43. The first-order valence-electron chi connectivity index (χ1n) is 9.30. The van der Waals surface area contributed by atoms with Crippen LogP contribution in [0.4, 0.5) is 0 Å². The summed E-state index contributed by atoms with van der Waals surface area (Å²) in [5.41, 5.74) is 1.37. The Bertz CT molecular complexity index is 944. The van der Waals surface area contributed by atoms with Crippen molar-refractivity contribution in [3.8, 4) is 11.6 Å². The lowest BCUT2D eigenvalue weighted by molar-refractivity contribution is 0.0794. The fraction of sp³-hybridized carbons (Fsp3) is 0.421. The topological polar surface area (TPSA) is 85.0 Å². The zero-order valence-electron chi connectivity index (χ0n) is 14.8. The van der Waals surface area contributed by atoms with Crippen molar-refractivity contribution in [3.63, 3.8) is 0 Å². The Morgan fingerprint density at radius 3 is 2.89 bits per heavy atom. The van der Waals surface area contributed by atoms with Crippen LogP contribution < -0.4 is 0 Å². The Morgan fingerprint density at radius 1 is 1.19 bits per heavy atom. The summed E-state index contributed by atoms with van der Waals surface area (Å²) in [4.78, 5) is 29.8. The third-order valence-corrected chi connectivity index (χ3v) is 6.46. The maximum Gasteiger partial charge on any atom is 0.263 e. The second kappa shape index (κ2) is 6.84. The maximum absolute atomic E-state index is 12.9. The van der Waals surface area contributed by atoms with E-state index in [9.17, 15) is 4.79 Å². The van der Waals surface area contributed by atoms with Crippen molar-refractivity contribution in [2.75, 3.05) is 13.1 Å². The lowest BCUT2D eigenvalue weighted by atomic mass is 9.99. The van der Waals surface area contributed by atoms with Gasteiger partial charge in [0.25, 0.3) is 5.91 Å². The van der Waals surface area contributed by atoms with Crippen molar-refractivity contribution in [1.82, 2.24) is 25.0 Å². The number of fused-ring (bicyclic) bond motifs is 1. The summed E-state index contributed by atoms with van der Waals surface area (Å²) in [6.07, 6.45) is 8.81. The minimum Gasteiger partial charge on any atom is -0.338 e. The van der Waals surface area contributed by atoms with E-state index < -0.39 is 0 Å². The Labute approximate surface area is 160 Å². The van der Waals surface area contributed by atoms with Crippen LogP contribution in [0.3, 0.4) is 0 Å². The van der Waals surface area contributed by atoms with E-state index in [1.807, 2.05) is 4.90 Å². The predicted molar refractivity (Wildman–Crippen MR) is 99.5 cm³/mol. The fourth-order valence-corrected chi connectivity index (χ4v) is 5.03. The van der Waals surface area contributed by atoms with Gasteiger partial charge in [0.05, 0.1) is 10.8 Å². The molecule has 0 unspecified atom stereocenters. The number of carbonyl (C=O) groups excluding carboxylic acids is 1. The molecular formula is C19H19N5O2S. The molecule has 138 valence electrons. The Kier molecular flexibility index (Phi) is 4.20. The molecular weight excluding hydrogens is 362 g/mol. The molecule has 1 fully saturated rings. The van der Waals surface area contributed by atoms with E-state index in [0.717, 1.165) is 24.1 Å². The number of rotatable bonds is 3. The summed E-state index contributed by atoms with van der Waals surface area (Å²) in [5, 5.41) is 3.99. The second-order valence-corrected chi connectivity index (χ2v) is 8.17. The minimum atomic E-state index is 0.0634. The molecule has 0 saturated carbocycles. The third kappa shape index (κ3) is 3.14. The maximum atomic E-state index is 12.9. The van der Waals surface area contributed by atoms with Crippen LogP contribution in [0.1, 0.15) is 51.2 Å². The first-order valence-corrected chi connectivity index (χ1v) is 10.1. The molecule has 5 rings (SSSR count). The quantitative estimate of drug-likeness (QED) is 0.693. The van der Waals surface area contributed by atoms with E-state index >= 15 is 0 Å². The Balaban J connectivity index is 1.29. The van der Waals surface area contributed by atoms with E-state index in [2.05, 4.69) is 26.2 Å². The van der Waals surface area contributed by atoms with E-state index in [1.165, 1.54) is 23.3 Å². The molecule has 1 atom stereocenters. The van der Waals surface area contributed by atoms with Crippen molar-refractivity contribution >= 4 is 17.2 Å². The lowest BCUT2D eigenvalue weighted by Gasteiger charge is -2.14. The van der Waals surface area contributed by atoms with Gasteiger partial charge in [-0.05, 0) is 49.8 Å². The minimum absolute atomic E-state index is 0.0634. The molecule has 7 nitrogen and oxygen atoms in total. The Hall–Kier alpha value is -2.61. The van der Waals surface area contributed by atoms with Gasteiger partial charge in [-0.1, -0.05) is 5.16 Å². The molecule has 0 aromatic carbocycles. The van der Waals surface area contributed by atoms with Gasteiger partial charge in [0.2, 0.25) is 17.5 Å². The largest absolute Gasteiger partial charge is 0.338 e. The van der Waals surface area contributed by atoms with Crippen LogP contribution in [-0.2, 0) is 12.8 Å². The lowest BCUT2D eigenvalue weighted by Crippen LogP contribution is -2.27. The predicted octanol–water partition coefficient (Wildman–Crippen LogP) is 3.10. The number of hydrogen-bond donors (Lipinski definition) is 0. The molecule has 3 aromatic heterocycles. The molecule has 0 radical (unpaired) electrons. The van der Waals surface area contributed by atoms with E-state index in [4.69, 9.17) is 4.52 Å². The molecule has 1 aliphatic heterocycles. The van der Waals surface area contributed by atoms with Crippen molar-refractivity contribution in [1.29, 1.82) is 0 Å². The zero-order chi connectivity index (χ0) is 18.2. The fourth-order valence-electron chi connectivity index (χ4n) is 3.80. The van der Waals surface area contributed by atoms with Gasteiger partial charge in [-0.15, -0.1) is 11.3 Å². The van der Waals surface area contributed by atoms with Crippen LogP contribution in [0.15, 0.2) is 29.0 Å². The molecule has 1 aliphatic carbocycles. The van der Waals surface area contributed by atoms with Gasteiger partial charge in [-0.3, -0.25) is 4.79 Å². The number of carbonyl (C=O) groups is 1. The van der Waals surface area contributed by atoms with Gasteiger partial charge in [0, 0.05) is 30.4 Å². The zero-order valence-corrected chi connectivity index (χ0v) is 15.6. The van der Waals surface area contributed by atoms with Crippen LogP contribution in [0.2, 0.25) is 0 Å². The highest BCUT2D eigenvalue weighted by Gasteiger charge is 2.33. The molecule has 4 heterocycles. The van der Waals surface area contributed by atoms with E-state index in [0.29, 0.717) is 30.6 Å². The van der Waals surface area contributed by atoms with Crippen LogP contribution in [0.25, 0.3) is 11.6 Å². The van der Waals surface area contributed by atoms with Crippen molar-refractivity contribution in [3.05, 3.63) is 45.7 Å². The highest BCUT2D eigenvalue weighted by Crippen LogP contribution is 2.33. The monoisotopic (exact) mass is 381 g/mol. The van der Waals surface area contributed by atoms with Crippen LogP contribution in [-0.4, -0.2) is 44.0 Å². The first kappa shape index (κ1) is 16.6. The van der Waals surface area contributed by atoms with Gasteiger partial charge in [0.1, 0.15) is 0 Å². The van der Waals surface area contributed by atoms with Crippen LogP contribution in [0.5, 0.6) is 0 Å². The van der Waals surface area contributed by atoms with Gasteiger partial charge >= 0.3 is 0 Å². The first-order chi connectivity index (χ1) is 13.3. The van der Waals surface area contributed by atoms with E-state index in [-0.39, 0.29) is 11.8 Å². The average Bonchev–Trinajstić information content (AvgIpc) is 3.46. The SMILES string of the molecule is O=C(c1cc2c(s1)CCCC2)N1CC[C@@H](c2nc(-c3ncccn3)no2)C1. The number of aryl methyl sites for hydroxylation is 2. The molecule has 0 N–H and O–H groups in total. The van der Waals surface area contributed by atoms with Gasteiger partial charge < -0.3 is 9.42 Å². The molecule has 0 bridgehead atoms. The summed E-state index contributed by atoms with van der Waals surface area (Å²) in [6.45, 7) is 1.32. The summed E-state index contributed by atoms with van der Waals surface area (Å²) in [7, 11) is 0. The molecule has 3 aromatic rings. The van der Waals surface area contributed by atoms with Gasteiger partial charge in [-0.25, -0.2) is 9.97 Å². The molecule has 1 amide bonds. The number of thiophene rings is 1. The van der Waals surface area contributed by atoms with E-state index in [1.54, 1.807) is 29.8 Å². The van der Waals surface area contributed by atoms with Crippen molar-refractivity contribution in [2.45, 2.75) is 38.0 Å². The number of hydrogen-bond acceptors (Lipinski definition) is 7. The Morgan fingerprint density at radius 2 is 2.04 bits per heavy atom. The summed E-state index contributed by atoms with van der Waals surface area (Å²) in [6, 6.07) is 3.85. The summed E-state index contributed by atoms with van der Waals surface area (Å²) in [5.74, 6) is 1.58. The van der Waals surface area contributed by atoms with Gasteiger partial charge in [-0.2, -0.15) is 4.98 Å². The highest BCUT2D eigenvalue weighted by atomic mass is 32.1. The third-order valence-electron chi connectivity index (χ3n) is 5.24. The second-order valence-electron chi connectivity index (χ2n) is 7.03. The molecule has 0 spiro atoms. The number of nitrogens with zero attached hydrogens (tertiary/aromatic N) is 5. The average molecular weight is 381 g/mol. The van der Waals surface area contributed by atoms with Crippen LogP contribution in [0, 0.1) is 0 Å². The highest BCUT2D eigenvalue weighted by molar-refractivity contribution is 7.14. The number of amides is 1. The molecule has 2 aliphatic rings. The normalized spacial score (nSPS) is 19.3. The van der Waals surface area contributed by atoms with Crippen molar-refractivity contribution in [2.24, 2.45) is 0 Å². The number of aromatic nitrogens is 4. The summed E-state index contributed by atoms with van der Waals surface area (Å²) >= 11 is 1.67.